The molecule has 0 amide bonds. The molecule has 0 aromatic rings. The fourth-order valence-corrected chi connectivity index (χ4v) is 1.18. The van der Waals surface area contributed by atoms with Crippen molar-refractivity contribution >= 4 is 54.8 Å². The van der Waals surface area contributed by atoms with E-state index in [1.807, 2.05) is 0 Å². The van der Waals surface area contributed by atoms with Crippen LogP contribution in [0.5, 0.6) is 0 Å². The van der Waals surface area contributed by atoms with Crippen molar-refractivity contribution in [2.24, 2.45) is 0 Å². The molecule has 0 fully saturated rings. The molecule has 0 aromatic carbocycles. The van der Waals surface area contributed by atoms with Crippen molar-refractivity contribution in [2.75, 3.05) is 0 Å². The molecule has 0 saturated heterocycles. The van der Waals surface area contributed by atoms with E-state index >= 15 is 0 Å². The molecule has 0 spiro atoms. The van der Waals surface area contributed by atoms with Crippen molar-refractivity contribution in [3.05, 3.63) is 0 Å². The Kier molecular flexibility index (Phi) is 15.9. The van der Waals surface area contributed by atoms with Gasteiger partial charge in [-0.05, 0) is 0 Å². The van der Waals surface area contributed by atoms with Crippen molar-refractivity contribution in [1.29, 1.82) is 0 Å². The van der Waals surface area contributed by atoms with Gasteiger partial charge in [-0.2, -0.15) is 0 Å². The first kappa shape index (κ1) is 16.2. The van der Waals surface area contributed by atoms with Crippen molar-refractivity contribution in [3.8, 4) is 0 Å². The van der Waals surface area contributed by atoms with Gasteiger partial charge in [0.05, 0.1) is 0 Å². The first-order valence-electron chi connectivity index (χ1n) is 4.75. The molecule has 0 aliphatic carbocycles. The zero-order valence-electron chi connectivity index (χ0n) is 8.80. The molecule has 72 valence electrons. The monoisotopic (exact) mass is 212 g/mol. The second kappa shape index (κ2) is 12.8. The molecule has 0 aromatic heterocycles. The van der Waals surface area contributed by atoms with Crippen LogP contribution in [0, 0.1) is 0 Å². The number of unbranched alkanes of at least 4 members (excludes halogenated alkanes) is 2. The summed E-state index contributed by atoms with van der Waals surface area (Å²) in [6.07, 6.45) is 4.65. The van der Waals surface area contributed by atoms with Crippen LogP contribution in [0.15, 0.2) is 0 Å². The number of carbonyl (C=O) groups excluding carboxylic acids is 1. The molecule has 0 heterocycles. The molecule has 0 atom stereocenters. The summed E-state index contributed by atoms with van der Waals surface area (Å²) in [5, 5.41) is 7.72. The molecule has 0 saturated carbocycles. The molecule has 3 nitrogen and oxygen atoms in total. The summed E-state index contributed by atoms with van der Waals surface area (Å²) in [7, 11) is 0. The van der Waals surface area contributed by atoms with E-state index in [4.69, 9.17) is 5.11 Å². The predicted octanol–water partition coefficient (Wildman–Crippen LogP) is 1.74. The maximum atomic E-state index is 10.4. The van der Waals surface area contributed by atoms with Gasteiger partial charge >= 0.3 is 92.2 Å². The van der Waals surface area contributed by atoms with E-state index in [-0.39, 0.29) is 6.42 Å². The van der Waals surface area contributed by atoms with Gasteiger partial charge in [0.1, 0.15) is 0 Å². The van der Waals surface area contributed by atoms with Crippen molar-refractivity contribution < 1.29 is 14.7 Å². The SMILES string of the molecule is CCC(=O)O.CCCCC[C](=O)[K]. The summed E-state index contributed by atoms with van der Waals surface area (Å²) in [6, 6.07) is 0. The number of carboxylic acid groups (broad SMARTS) is 1. The molecule has 0 aliphatic rings. The van der Waals surface area contributed by atoms with E-state index in [9.17, 15) is 9.59 Å². The number of carbonyl (C=O) groups is 2. The van der Waals surface area contributed by atoms with E-state index in [1.54, 1.807) is 6.92 Å². The van der Waals surface area contributed by atoms with E-state index in [2.05, 4.69) is 6.92 Å². The number of hydrogen-bond donors (Lipinski definition) is 1. The van der Waals surface area contributed by atoms with E-state index < -0.39 is 5.97 Å². The van der Waals surface area contributed by atoms with Gasteiger partial charge < -0.3 is 5.11 Å². The van der Waals surface area contributed by atoms with Crippen LogP contribution in [0.2, 0.25) is 0 Å². The van der Waals surface area contributed by atoms with Gasteiger partial charge in [0, 0.05) is 6.42 Å². The van der Waals surface area contributed by atoms with E-state index in [1.165, 1.54) is 12.8 Å². The summed E-state index contributed by atoms with van der Waals surface area (Å²) in [5.41, 5.74) is 0. The average molecular weight is 212 g/mol. The molecule has 13 heavy (non-hydrogen) atoms. The summed E-state index contributed by atoms with van der Waals surface area (Å²) >= 11 is 0.431. The molecule has 0 radical (unpaired) electrons. The first-order chi connectivity index (χ1) is 6.04. The number of aliphatic carboxylic acids is 1. The first-order valence-corrected chi connectivity index (χ1v) is 6.31. The Labute approximate surface area is 114 Å². The number of hydrogen-bond acceptors (Lipinski definition) is 2. The van der Waals surface area contributed by atoms with E-state index in [0.29, 0.717) is 48.8 Å². The van der Waals surface area contributed by atoms with Crippen LogP contribution in [0.25, 0.3) is 0 Å². The molecule has 0 bridgehead atoms. The van der Waals surface area contributed by atoms with Crippen LogP contribution in [0.1, 0.15) is 46.0 Å². The van der Waals surface area contributed by atoms with Crippen LogP contribution in [0.4, 0.5) is 0 Å². The molecular weight excluding hydrogens is 195 g/mol. The third-order valence-electron chi connectivity index (χ3n) is 1.43. The third-order valence-corrected chi connectivity index (χ3v) is 2.22. The molecule has 1 N–H and O–H groups in total. The number of carboxylic acids is 1. The fourth-order valence-electron chi connectivity index (χ4n) is 0.624. The van der Waals surface area contributed by atoms with Crippen molar-refractivity contribution in [3.63, 3.8) is 0 Å². The van der Waals surface area contributed by atoms with Crippen LogP contribution in [-0.2, 0) is 9.59 Å². The van der Waals surface area contributed by atoms with Gasteiger partial charge in [-0.15, -0.1) is 0 Å². The fraction of sp³-hybridized carbons (Fsp3) is 0.778. The van der Waals surface area contributed by atoms with Crippen LogP contribution >= 0.6 is 0 Å². The third kappa shape index (κ3) is 24.5. The standard InChI is InChI=1S/C6H11O.C3H6O2.K/c1-2-3-4-5-6-7;1-2-3(4)5;/h2-5H2,1H3;2H2,1H3,(H,4,5);. The Balaban J connectivity index is 0. The zero-order chi connectivity index (χ0) is 10.7. The summed E-state index contributed by atoms with van der Waals surface area (Å²) in [5.74, 6) is -0.745. The molecule has 0 rings (SSSR count). The molecule has 4 heteroatoms. The van der Waals surface area contributed by atoms with Crippen molar-refractivity contribution in [1.82, 2.24) is 0 Å². The van der Waals surface area contributed by atoms with Gasteiger partial charge in [-0.3, -0.25) is 4.79 Å². The summed E-state index contributed by atoms with van der Waals surface area (Å²) in [4.78, 5) is 19.8. The Bertz CT molecular complexity index is 146. The predicted molar refractivity (Wildman–Crippen MR) is 52.8 cm³/mol. The quantitative estimate of drug-likeness (QED) is 0.558. The Morgan fingerprint density at radius 2 is 1.69 bits per heavy atom. The minimum absolute atomic E-state index is 0.222. The summed E-state index contributed by atoms with van der Waals surface area (Å²) in [6.45, 7) is 3.75. The zero-order valence-corrected chi connectivity index (χ0v) is 11.9. The maximum absolute atomic E-state index is 10.4. The van der Waals surface area contributed by atoms with Crippen LogP contribution < -0.4 is 0 Å². The van der Waals surface area contributed by atoms with Crippen LogP contribution in [0.3, 0.4) is 0 Å². The second-order valence-corrected chi connectivity index (χ2v) is 4.65. The molecule has 0 aliphatic heterocycles. The Hall–Kier alpha value is 0.776. The van der Waals surface area contributed by atoms with Gasteiger partial charge in [0.25, 0.3) is 0 Å². The minimum atomic E-state index is -0.745. The van der Waals surface area contributed by atoms with Gasteiger partial charge in [-0.25, -0.2) is 0 Å². The van der Waals surface area contributed by atoms with Crippen molar-refractivity contribution in [2.45, 2.75) is 46.0 Å². The van der Waals surface area contributed by atoms with E-state index in [0.717, 1.165) is 12.8 Å². The van der Waals surface area contributed by atoms with Gasteiger partial charge in [0.2, 0.25) is 0 Å². The average Bonchev–Trinajstić information content (AvgIpc) is 2.05. The second-order valence-electron chi connectivity index (χ2n) is 2.91. The topological polar surface area (TPSA) is 54.4 Å². The van der Waals surface area contributed by atoms with Crippen LogP contribution in [-0.4, -0.2) is 59.9 Å². The normalized spacial score (nSPS) is 8.62. The van der Waals surface area contributed by atoms with Gasteiger partial charge in [0.15, 0.2) is 0 Å². The van der Waals surface area contributed by atoms with Gasteiger partial charge in [-0.1, -0.05) is 6.92 Å². The molecular formula is C9H17KO3. The number of rotatable bonds is 5. The Morgan fingerprint density at radius 1 is 1.23 bits per heavy atom. The Morgan fingerprint density at radius 3 is 1.92 bits per heavy atom. The molecule has 0 unspecified atom stereocenters. The summed E-state index contributed by atoms with van der Waals surface area (Å²) < 4.78 is 0.506.